The number of amides is 1. The number of benzene rings is 1. The summed E-state index contributed by atoms with van der Waals surface area (Å²) in [5.41, 5.74) is 3.09. The van der Waals surface area contributed by atoms with Crippen molar-refractivity contribution in [1.82, 2.24) is 29.6 Å². The van der Waals surface area contributed by atoms with Crippen LogP contribution in [-0.4, -0.2) is 48.6 Å². The maximum atomic E-state index is 12.9. The number of hydrogen-bond acceptors (Lipinski definition) is 6. The third-order valence-corrected chi connectivity index (χ3v) is 5.72. The Morgan fingerprint density at radius 3 is 2.87 bits per heavy atom. The first kappa shape index (κ1) is 19.2. The summed E-state index contributed by atoms with van der Waals surface area (Å²) in [6, 6.07) is 14.0. The van der Waals surface area contributed by atoms with Gasteiger partial charge in [-0.1, -0.05) is 29.8 Å². The van der Waals surface area contributed by atoms with Crippen LogP contribution < -0.4 is 10.2 Å². The van der Waals surface area contributed by atoms with Crippen LogP contribution in [0.3, 0.4) is 0 Å². The number of rotatable bonds is 5. The summed E-state index contributed by atoms with van der Waals surface area (Å²) in [4.78, 5) is 15.1. The van der Waals surface area contributed by atoms with Gasteiger partial charge in [-0.2, -0.15) is 9.61 Å². The molecule has 0 unspecified atom stereocenters. The van der Waals surface area contributed by atoms with E-state index < -0.39 is 0 Å². The van der Waals surface area contributed by atoms with E-state index in [2.05, 4.69) is 55.7 Å². The highest BCUT2D eigenvalue weighted by Gasteiger charge is 2.26. The third-order valence-electron chi connectivity index (χ3n) is 5.72. The number of fused-ring (bicyclic) bond motifs is 1. The number of carbonyl (C=O) groups is 1. The molecule has 1 amide bonds. The lowest BCUT2D eigenvalue weighted by molar-refractivity contribution is -0.120. The molecule has 0 atom stereocenters. The molecule has 4 aromatic rings. The summed E-state index contributed by atoms with van der Waals surface area (Å²) in [6.07, 6.45) is 4.87. The molecule has 0 bridgehead atoms. The maximum Gasteiger partial charge on any atom is 0.228 e. The van der Waals surface area contributed by atoms with E-state index in [9.17, 15) is 4.79 Å². The topological polar surface area (TPSA) is 93.2 Å². The van der Waals surface area contributed by atoms with Crippen LogP contribution in [0.5, 0.6) is 0 Å². The number of anilines is 2. The molecule has 1 aliphatic rings. The lowest BCUT2D eigenvalue weighted by atomic mass is 9.96. The van der Waals surface area contributed by atoms with E-state index in [1.165, 1.54) is 5.56 Å². The maximum absolute atomic E-state index is 12.9. The van der Waals surface area contributed by atoms with Gasteiger partial charge in [-0.15, -0.1) is 15.3 Å². The summed E-state index contributed by atoms with van der Waals surface area (Å²) in [5.74, 6) is 1.63. The van der Waals surface area contributed by atoms with Crippen molar-refractivity contribution in [2.45, 2.75) is 26.3 Å². The SMILES string of the molecule is Cc1cccc(Cn2nccc2NC(=O)C2CCN(c3ccc4nncn4n3)CC2)c1. The van der Waals surface area contributed by atoms with Crippen LogP contribution in [0.1, 0.15) is 24.0 Å². The zero-order valence-corrected chi connectivity index (χ0v) is 17.3. The van der Waals surface area contributed by atoms with Crippen LogP contribution in [0.25, 0.3) is 5.65 Å². The zero-order valence-electron chi connectivity index (χ0n) is 17.3. The van der Waals surface area contributed by atoms with E-state index in [1.807, 2.05) is 28.9 Å². The first-order chi connectivity index (χ1) is 15.2. The van der Waals surface area contributed by atoms with E-state index in [1.54, 1.807) is 17.0 Å². The summed E-state index contributed by atoms with van der Waals surface area (Å²) in [6.45, 7) is 4.25. The van der Waals surface area contributed by atoms with Crippen molar-refractivity contribution in [2.24, 2.45) is 5.92 Å². The molecular formula is C22H24N8O. The molecule has 0 saturated carbocycles. The van der Waals surface area contributed by atoms with Gasteiger partial charge in [0.15, 0.2) is 5.65 Å². The lowest BCUT2D eigenvalue weighted by Gasteiger charge is -2.32. The van der Waals surface area contributed by atoms with Crippen molar-refractivity contribution in [1.29, 1.82) is 0 Å². The van der Waals surface area contributed by atoms with Gasteiger partial charge in [0.1, 0.15) is 18.0 Å². The van der Waals surface area contributed by atoms with Gasteiger partial charge in [0.2, 0.25) is 5.91 Å². The van der Waals surface area contributed by atoms with Gasteiger partial charge in [-0.3, -0.25) is 4.79 Å². The molecule has 0 aliphatic carbocycles. The van der Waals surface area contributed by atoms with Crippen LogP contribution in [0.2, 0.25) is 0 Å². The highest BCUT2D eigenvalue weighted by atomic mass is 16.2. The standard InChI is InChI=1S/C22H24N8O/c1-16-3-2-4-17(13-16)14-29-19(7-10-24-29)25-22(31)18-8-11-28(12-9-18)21-6-5-20-26-23-15-30(20)27-21/h2-7,10,13,15,18H,8-9,11-12,14H2,1H3,(H,25,31). The normalized spacial score (nSPS) is 14.8. The minimum Gasteiger partial charge on any atom is -0.355 e. The highest BCUT2D eigenvalue weighted by molar-refractivity contribution is 5.91. The average molecular weight is 416 g/mol. The van der Waals surface area contributed by atoms with Crippen LogP contribution in [0.4, 0.5) is 11.6 Å². The molecule has 3 aromatic heterocycles. The fourth-order valence-corrected chi connectivity index (χ4v) is 4.03. The van der Waals surface area contributed by atoms with Gasteiger partial charge in [0.05, 0.1) is 12.7 Å². The van der Waals surface area contributed by atoms with Gasteiger partial charge in [0, 0.05) is 25.1 Å². The number of aromatic nitrogens is 6. The smallest absolute Gasteiger partial charge is 0.228 e. The fraction of sp³-hybridized carbons (Fsp3) is 0.318. The molecule has 5 rings (SSSR count). The van der Waals surface area contributed by atoms with Crippen molar-refractivity contribution < 1.29 is 4.79 Å². The Morgan fingerprint density at radius 2 is 2.03 bits per heavy atom. The van der Waals surface area contributed by atoms with Gasteiger partial charge in [-0.05, 0) is 37.5 Å². The van der Waals surface area contributed by atoms with E-state index in [-0.39, 0.29) is 11.8 Å². The molecule has 1 saturated heterocycles. The number of hydrogen-bond donors (Lipinski definition) is 1. The number of piperidine rings is 1. The minimum absolute atomic E-state index is 0.0304. The molecule has 1 N–H and O–H groups in total. The Labute approximate surface area is 179 Å². The third kappa shape index (κ3) is 4.11. The summed E-state index contributed by atoms with van der Waals surface area (Å²) in [5, 5.41) is 19.9. The predicted octanol–water partition coefficient (Wildman–Crippen LogP) is 2.53. The van der Waals surface area contributed by atoms with Crippen LogP contribution in [0, 0.1) is 12.8 Å². The molecule has 1 fully saturated rings. The van der Waals surface area contributed by atoms with Crippen molar-refractivity contribution >= 4 is 23.2 Å². The second-order valence-corrected chi connectivity index (χ2v) is 7.94. The van der Waals surface area contributed by atoms with Crippen molar-refractivity contribution in [3.05, 3.63) is 66.1 Å². The van der Waals surface area contributed by atoms with E-state index in [4.69, 9.17) is 0 Å². The highest BCUT2D eigenvalue weighted by Crippen LogP contribution is 2.23. The van der Waals surface area contributed by atoms with E-state index in [0.29, 0.717) is 6.54 Å². The molecule has 9 heteroatoms. The summed E-state index contributed by atoms with van der Waals surface area (Å²) >= 11 is 0. The van der Waals surface area contributed by atoms with Crippen LogP contribution >= 0.6 is 0 Å². The Hall–Kier alpha value is -3.75. The summed E-state index contributed by atoms with van der Waals surface area (Å²) in [7, 11) is 0. The molecule has 1 aromatic carbocycles. The Kier molecular flexibility index (Phi) is 5.07. The predicted molar refractivity (Wildman–Crippen MR) is 117 cm³/mol. The Bertz CT molecular complexity index is 1200. The number of aryl methyl sites for hydroxylation is 1. The molecule has 158 valence electrons. The first-order valence-corrected chi connectivity index (χ1v) is 10.5. The van der Waals surface area contributed by atoms with Gasteiger partial charge < -0.3 is 10.2 Å². The Morgan fingerprint density at radius 1 is 1.16 bits per heavy atom. The quantitative estimate of drug-likeness (QED) is 0.537. The zero-order chi connectivity index (χ0) is 21.2. The lowest BCUT2D eigenvalue weighted by Crippen LogP contribution is -2.39. The molecule has 9 nitrogen and oxygen atoms in total. The minimum atomic E-state index is -0.0304. The number of nitrogens with zero attached hydrogens (tertiary/aromatic N) is 7. The van der Waals surface area contributed by atoms with Crippen molar-refractivity contribution in [2.75, 3.05) is 23.3 Å². The summed E-state index contributed by atoms with van der Waals surface area (Å²) < 4.78 is 3.50. The second-order valence-electron chi connectivity index (χ2n) is 7.94. The van der Waals surface area contributed by atoms with Crippen LogP contribution in [0.15, 0.2) is 55.0 Å². The molecule has 0 spiro atoms. The number of nitrogens with one attached hydrogen (secondary N) is 1. The first-order valence-electron chi connectivity index (χ1n) is 10.5. The molecular weight excluding hydrogens is 392 g/mol. The van der Waals surface area contributed by atoms with Gasteiger partial charge in [-0.25, -0.2) is 4.68 Å². The van der Waals surface area contributed by atoms with E-state index in [0.717, 1.165) is 48.8 Å². The largest absolute Gasteiger partial charge is 0.355 e. The monoisotopic (exact) mass is 416 g/mol. The van der Waals surface area contributed by atoms with Gasteiger partial charge >= 0.3 is 0 Å². The van der Waals surface area contributed by atoms with Crippen molar-refractivity contribution in [3.8, 4) is 0 Å². The fourth-order valence-electron chi connectivity index (χ4n) is 4.03. The van der Waals surface area contributed by atoms with Gasteiger partial charge in [0.25, 0.3) is 0 Å². The number of carbonyl (C=O) groups excluding carboxylic acids is 1. The van der Waals surface area contributed by atoms with E-state index >= 15 is 0 Å². The molecule has 0 radical (unpaired) electrons. The molecule has 31 heavy (non-hydrogen) atoms. The Balaban J connectivity index is 1.20. The van der Waals surface area contributed by atoms with Crippen LogP contribution in [-0.2, 0) is 11.3 Å². The molecule has 1 aliphatic heterocycles. The van der Waals surface area contributed by atoms with Crippen molar-refractivity contribution in [3.63, 3.8) is 0 Å². The molecule has 4 heterocycles. The average Bonchev–Trinajstić information content (AvgIpc) is 3.43. The second kappa shape index (κ2) is 8.17.